The van der Waals surface area contributed by atoms with Crippen LogP contribution in [-0.2, 0) is 23.0 Å². The molecule has 0 aliphatic carbocycles. The monoisotopic (exact) mass is 459 g/mol. The van der Waals surface area contributed by atoms with Crippen LogP contribution in [0.2, 0.25) is 0 Å². The normalized spacial score (nSPS) is 12.7. The van der Waals surface area contributed by atoms with Gasteiger partial charge in [-0.05, 0) is 54.8 Å². The molecule has 0 spiro atoms. The number of benzene rings is 2. The lowest BCUT2D eigenvalue weighted by molar-refractivity contribution is 0.0997. The lowest BCUT2D eigenvalue weighted by atomic mass is 10.2. The second-order valence-corrected chi connectivity index (χ2v) is 10.2. The van der Waals surface area contributed by atoms with E-state index in [1.54, 1.807) is 13.8 Å². The van der Waals surface area contributed by atoms with Crippen LogP contribution in [0.25, 0.3) is 10.2 Å². The first kappa shape index (κ1) is 23.4. The maximum Gasteiger partial charge on any atom is 0.279 e. The molecular formula is C23H29N3O3S2. The molecule has 0 saturated heterocycles. The third kappa shape index (κ3) is 4.81. The minimum Gasteiger partial charge on any atom is -0.316 e. The number of thiazole rings is 1. The van der Waals surface area contributed by atoms with Gasteiger partial charge in [0.05, 0.1) is 15.1 Å². The van der Waals surface area contributed by atoms with Gasteiger partial charge in [0.25, 0.3) is 5.91 Å². The Balaban J connectivity index is 1.98. The fraction of sp³-hybridized carbons (Fsp3) is 0.391. The lowest BCUT2D eigenvalue weighted by Crippen LogP contribution is -2.30. The van der Waals surface area contributed by atoms with E-state index in [0.29, 0.717) is 23.5 Å². The number of fused-ring (bicyclic) bond motifs is 1. The van der Waals surface area contributed by atoms with Crippen molar-refractivity contribution in [2.24, 2.45) is 4.99 Å². The summed E-state index contributed by atoms with van der Waals surface area (Å²) >= 11 is 1.51. The SMILES string of the molecule is CCCn1c(=NC(=O)c2ccc(S(=O)(=O)N(CC)CC)cc2)sc2cc(CC)ccc21. The number of sulfonamides is 1. The number of hydrogen-bond acceptors (Lipinski definition) is 4. The highest BCUT2D eigenvalue weighted by molar-refractivity contribution is 7.89. The fourth-order valence-corrected chi connectivity index (χ4v) is 6.07. The van der Waals surface area contributed by atoms with E-state index < -0.39 is 10.0 Å². The van der Waals surface area contributed by atoms with Crippen LogP contribution in [0.1, 0.15) is 50.0 Å². The Hall–Kier alpha value is -2.29. The van der Waals surface area contributed by atoms with Gasteiger partial charge in [0, 0.05) is 25.2 Å². The van der Waals surface area contributed by atoms with Crippen LogP contribution in [0.15, 0.2) is 52.4 Å². The summed E-state index contributed by atoms with van der Waals surface area (Å²) in [4.78, 5) is 18.1. The number of amides is 1. The van der Waals surface area contributed by atoms with E-state index in [4.69, 9.17) is 0 Å². The summed E-state index contributed by atoms with van der Waals surface area (Å²) in [5.74, 6) is -0.376. The Morgan fingerprint density at radius 1 is 1.03 bits per heavy atom. The van der Waals surface area contributed by atoms with Crippen molar-refractivity contribution in [1.82, 2.24) is 8.87 Å². The maximum absolute atomic E-state index is 12.8. The first-order chi connectivity index (χ1) is 14.8. The summed E-state index contributed by atoms with van der Waals surface area (Å²) in [6, 6.07) is 12.4. The molecule has 3 aromatic rings. The number of aromatic nitrogens is 1. The van der Waals surface area contributed by atoms with E-state index in [9.17, 15) is 13.2 Å². The van der Waals surface area contributed by atoms with Crippen LogP contribution in [0.4, 0.5) is 0 Å². The molecule has 8 heteroatoms. The molecule has 0 bridgehead atoms. The Labute approximate surface area is 187 Å². The highest BCUT2D eigenvalue weighted by Gasteiger charge is 2.21. The van der Waals surface area contributed by atoms with E-state index >= 15 is 0 Å². The molecule has 0 radical (unpaired) electrons. The number of carbonyl (C=O) groups is 1. The van der Waals surface area contributed by atoms with Crippen molar-refractivity contribution in [3.63, 3.8) is 0 Å². The van der Waals surface area contributed by atoms with Crippen LogP contribution in [0, 0.1) is 0 Å². The summed E-state index contributed by atoms with van der Waals surface area (Å²) in [5, 5.41) is 0. The van der Waals surface area contributed by atoms with E-state index in [1.807, 2.05) is 0 Å². The summed E-state index contributed by atoms with van der Waals surface area (Å²) < 4.78 is 29.9. The van der Waals surface area contributed by atoms with Gasteiger partial charge < -0.3 is 4.57 Å². The number of rotatable bonds is 8. The highest BCUT2D eigenvalue weighted by Crippen LogP contribution is 2.21. The molecule has 6 nitrogen and oxygen atoms in total. The minimum absolute atomic E-state index is 0.183. The Morgan fingerprint density at radius 3 is 2.29 bits per heavy atom. The first-order valence-corrected chi connectivity index (χ1v) is 12.9. The molecule has 1 aromatic heterocycles. The quantitative estimate of drug-likeness (QED) is 0.500. The number of aryl methyl sites for hydroxylation is 2. The van der Waals surface area contributed by atoms with Crippen molar-refractivity contribution in [3.05, 3.63) is 58.4 Å². The first-order valence-electron chi connectivity index (χ1n) is 10.7. The zero-order valence-electron chi connectivity index (χ0n) is 18.5. The van der Waals surface area contributed by atoms with Gasteiger partial charge in [-0.3, -0.25) is 4.79 Å². The van der Waals surface area contributed by atoms with Crippen LogP contribution in [0.3, 0.4) is 0 Å². The Kier molecular flexibility index (Phi) is 7.46. The molecule has 0 fully saturated rings. The molecule has 0 atom stereocenters. The molecule has 1 amide bonds. The van der Waals surface area contributed by atoms with E-state index in [-0.39, 0.29) is 10.8 Å². The molecule has 31 heavy (non-hydrogen) atoms. The standard InChI is InChI=1S/C23H29N3O3S2/c1-5-15-26-20-14-9-17(6-2)16-21(20)30-23(26)24-22(27)18-10-12-19(13-11-18)31(28,29)25(7-3)8-4/h9-14,16H,5-8,15H2,1-4H3. The third-order valence-corrected chi connectivity index (χ3v) is 8.35. The van der Waals surface area contributed by atoms with Crippen LogP contribution in [-0.4, -0.2) is 36.3 Å². The summed E-state index contributed by atoms with van der Waals surface area (Å²) in [6.07, 6.45) is 1.89. The number of nitrogens with zero attached hydrogens (tertiary/aromatic N) is 3. The van der Waals surface area contributed by atoms with Crippen molar-refractivity contribution < 1.29 is 13.2 Å². The molecule has 0 N–H and O–H groups in total. The van der Waals surface area contributed by atoms with Crippen molar-refractivity contribution in [2.45, 2.75) is 52.0 Å². The van der Waals surface area contributed by atoms with Gasteiger partial charge in [-0.1, -0.05) is 45.1 Å². The van der Waals surface area contributed by atoms with Crippen molar-refractivity contribution in [2.75, 3.05) is 13.1 Å². The molecule has 1 heterocycles. The van der Waals surface area contributed by atoms with Crippen LogP contribution < -0.4 is 4.80 Å². The molecule has 0 aliphatic rings. The molecule has 0 saturated carbocycles. The fourth-order valence-electron chi connectivity index (χ4n) is 3.50. The van der Waals surface area contributed by atoms with E-state index in [1.165, 1.54) is 45.5 Å². The van der Waals surface area contributed by atoms with Gasteiger partial charge in [0.15, 0.2) is 4.80 Å². The average Bonchev–Trinajstić information content (AvgIpc) is 3.10. The van der Waals surface area contributed by atoms with Crippen molar-refractivity contribution in [1.29, 1.82) is 0 Å². The van der Waals surface area contributed by atoms with E-state index in [0.717, 1.165) is 29.6 Å². The molecule has 0 unspecified atom stereocenters. The molecule has 0 aliphatic heterocycles. The summed E-state index contributed by atoms with van der Waals surface area (Å²) in [5.41, 5.74) is 2.70. The topological polar surface area (TPSA) is 71.7 Å². The van der Waals surface area contributed by atoms with E-state index in [2.05, 4.69) is 41.6 Å². The summed E-state index contributed by atoms with van der Waals surface area (Å²) in [7, 11) is -3.55. The van der Waals surface area contributed by atoms with Gasteiger partial charge in [-0.15, -0.1) is 0 Å². The van der Waals surface area contributed by atoms with Gasteiger partial charge in [-0.2, -0.15) is 9.30 Å². The number of carbonyl (C=O) groups excluding carboxylic acids is 1. The lowest BCUT2D eigenvalue weighted by Gasteiger charge is -2.18. The zero-order valence-corrected chi connectivity index (χ0v) is 20.1. The zero-order chi connectivity index (χ0) is 22.6. The molecule has 2 aromatic carbocycles. The van der Waals surface area contributed by atoms with Crippen LogP contribution in [0.5, 0.6) is 0 Å². The Morgan fingerprint density at radius 2 is 1.71 bits per heavy atom. The molecule has 166 valence electrons. The van der Waals surface area contributed by atoms with Crippen molar-refractivity contribution in [3.8, 4) is 0 Å². The molecule has 3 rings (SSSR count). The predicted octanol–water partition coefficient (Wildman–Crippen LogP) is 4.45. The van der Waals surface area contributed by atoms with Crippen molar-refractivity contribution >= 4 is 37.5 Å². The van der Waals surface area contributed by atoms with Crippen LogP contribution >= 0.6 is 11.3 Å². The smallest absolute Gasteiger partial charge is 0.279 e. The summed E-state index contributed by atoms with van der Waals surface area (Å²) in [6.45, 7) is 9.40. The van der Waals surface area contributed by atoms with Gasteiger partial charge in [0.2, 0.25) is 10.0 Å². The van der Waals surface area contributed by atoms with Gasteiger partial charge in [-0.25, -0.2) is 8.42 Å². The average molecular weight is 460 g/mol. The largest absolute Gasteiger partial charge is 0.316 e. The highest BCUT2D eigenvalue weighted by atomic mass is 32.2. The second kappa shape index (κ2) is 9.89. The molecular weight excluding hydrogens is 430 g/mol. The maximum atomic E-state index is 12.8. The second-order valence-electron chi connectivity index (χ2n) is 7.22. The van der Waals surface area contributed by atoms with Gasteiger partial charge in [0.1, 0.15) is 0 Å². The Bertz CT molecular complexity index is 1240. The third-order valence-electron chi connectivity index (χ3n) is 5.24. The minimum atomic E-state index is -3.55. The number of hydrogen-bond donors (Lipinski definition) is 0. The predicted molar refractivity (Wildman–Crippen MR) is 126 cm³/mol. The van der Waals surface area contributed by atoms with Gasteiger partial charge >= 0.3 is 0 Å².